The Morgan fingerprint density at radius 1 is 0.906 bits per heavy atom. The van der Waals surface area contributed by atoms with Gasteiger partial charge in [-0.1, -0.05) is 35.4 Å². The molecule has 158 valence electrons. The van der Waals surface area contributed by atoms with E-state index in [1.54, 1.807) is 6.07 Å². The molecule has 0 spiro atoms. The Morgan fingerprint density at radius 2 is 1.69 bits per heavy atom. The molecule has 0 bridgehead atoms. The summed E-state index contributed by atoms with van der Waals surface area (Å²) in [7, 11) is 0. The highest BCUT2D eigenvalue weighted by molar-refractivity contribution is 7.80. The first kappa shape index (κ1) is 20.0. The number of carbonyl (C=O) groups excluding carboxylic acids is 1. The third-order valence-corrected chi connectivity index (χ3v) is 5.19. The highest BCUT2D eigenvalue weighted by Crippen LogP contribution is 2.27. The maximum Gasteiger partial charge on any atom is 0.293 e. The summed E-state index contributed by atoms with van der Waals surface area (Å²) in [5.74, 6) is 0.337. The highest BCUT2D eigenvalue weighted by atomic mass is 32.1. The van der Waals surface area contributed by atoms with Gasteiger partial charge in [-0.05, 0) is 68.5 Å². The molecule has 5 rings (SSSR count). The van der Waals surface area contributed by atoms with Crippen molar-refractivity contribution in [3.63, 3.8) is 0 Å². The number of nitrogens with one attached hydrogen (secondary N) is 2. The van der Waals surface area contributed by atoms with Crippen LogP contribution in [-0.2, 0) is 0 Å². The van der Waals surface area contributed by atoms with Crippen molar-refractivity contribution in [3.05, 3.63) is 83.6 Å². The van der Waals surface area contributed by atoms with Gasteiger partial charge in [0.1, 0.15) is 11.1 Å². The van der Waals surface area contributed by atoms with E-state index in [4.69, 9.17) is 21.1 Å². The van der Waals surface area contributed by atoms with Crippen molar-refractivity contribution >= 4 is 51.0 Å². The molecule has 1 amide bonds. The van der Waals surface area contributed by atoms with Crippen LogP contribution in [0, 0.1) is 13.8 Å². The Hall–Kier alpha value is -3.97. The average Bonchev–Trinajstić information content (AvgIpc) is 3.37. The van der Waals surface area contributed by atoms with Crippen molar-refractivity contribution in [2.75, 3.05) is 5.32 Å². The zero-order valence-electron chi connectivity index (χ0n) is 17.4. The van der Waals surface area contributed by atoms with Gasteiger partial charge < -0.3 is 14.2 Å². The predicted molar refractivity (Wildman–Crippen MR) is 129 cm³/mol. The van der Waals surface area contributed by atoms with Crippen molar-refractivity contribution in [1.29, 1.82) is 0 Å². The number of anilines is 1. The summed E-state index contributed by atoms with van der Waals surface area (Å²) < 4.78 is 11.5. The fourth-order valence-electron chi connectivity index (χ4n) is 3.65. The van der Waals surface area contributed by atoms with Crippen LogP contribution < -0.4 is 10.6 Å². The van der Waals surface area contributed by atoms with Gasteiger partial charge in [0, 0.05) is 16.6 Å². The number of thiocarbonyl (C=S) groups is 1. The first-order chi connectivity index (χ1) is 15.4. The van der Waals surface area contributed by atoms with E-state index in [1.807, 2.05) is 68.4 Å². The van der Waals surface area contributed by atoms with Crippen LogP contribution >= 0.6 is 12.2 Å². The number of furan rings is 1. The molecule has 2 heterocycles. The number of fused-ring (bicyclic) bond motifs is 2. The van der Waals surface area contributed by atoms with Gasteiger partial charge in [-0.15, -0.1) is 0 Å². The van der Waals surface area contributed by atoms with Crippen molar-refractivity contribution in [2.45, 2.75) is 13.8 Å². The molecule has 0 aliphatic rings. The van der Waals surface area contributed by atoms with E-state index in [1.165, 1.54) is 0 Å². The van der Waals surface area contributed by atoms with Crippen LogP contribution in [0.15, 0.2) is 75.6 Å². The molecular formula is C25H19N3O3S. The molecule has 3 aromatic carbocycles. The summed E-state index contributed by atoms with van der Waals surface area (Å²) in [6.45, 7) is 4.09. The van der Waals surface area contributed by atoms with Gasteiger partial charge in [-0.25, -0.2) is 4.98 Å². The summed E-state index contributed by atoms with van der Waals surface area (Å²) in [4.78, 5) is 17.1. The molecule has 0 saturated heterocycles. The number of nitrogens with zero attached hydrogens (tertiary/aromatic N) is 1. The number of amides is 1. The molecule has 0 saturated carbocycles. The highest BCUT2D eigenvalue weighted by Gasteiger charge is 2.14. The minimum Gasteiger partial charge on any atom is -0.451 e. The largest absolute Gasteiger partial charge is 0.451 e. The SMILES string of the molecule is Cc1cc(C)cc(-c2nc3cc(NC(=S)NC(=O)c4cc5ccccc5o4)ccc3o2)c1. The van der Waals surface area contributed by atoms with Crippen molar-refractivity contribution in [1.82, 2.24) is 10.3 Å². The Labute approximate surface area is 189 Å². The predicted octanol–water partition coefficient (Wildman–Crippen LogP) is 5.98. The van der Waals surface area contributed by atoms with Gasteiger partial charge in [0.05, 0.1) is 0 Å². The zero-order valence-corrected chi connectivity index (χ0v) is 18.2. The van der Waals surface area contributed by atoms with Crippen LogP contribution in [0.3, 0.4) is 0 Å². The molecule has 0 unspecified atom stereocenters. The van der Waals surface area contributed by atoms with Crippen LogP contribution in [0.25, 0.3) is 33.5 Å². The van der Waals surface area contributed by atoms with Gasteiger partial charge in [-0.3, -0.25) is 10.1 Å². The molecule has 5 aromatic rings. The Bertz CT molecular complexity index is 1450. The first-order valence-corrected chi connectivity index (χ1v) is 10.5. The number of hydrogen-bond acceptors (Lipinski definition) is 5. The molecule has 0 radical (unpaired) electrons. The second-order valence-electron chi connectivity index (χ2n) is 7.63. The lowest BCUT2D eigenvalue weighted by atomic mass is 10.1. The van der Waals surface area contributed by atoms with E-state index in [9.17, 15) is 4.79 Å². The molecule has 32 heavy (non-hydrogen) atoms. The van der Waals surface area contributed by atoms with E-state index in [-0.39, 0.29) is 10.9 Å². The lowest BCUT2D eigenvalue weighted by Gasteiger charge is -2.08. The van der Waals surface area contributed by atoms with Crippen LogP contribution in [0.2, 0.25) is 0 Å². The van der Waals surface area contributed by atoms with Gasteiger partial charge in [0.2, 0.25) is 5.89 Å². The summed E-state index contributed by atoms with van der Waals surface area (Å²) in [5.41, 5.74) is 5.92. The van der Waals surface area contributed by atoms with E-state index in [0.717, 1.165) is 22.1 Å². The number of aryl methyl sites for hydroxylation is 2. The number of aromatic nitrogens is 1. The molecule has 0 aliphatic carbocycles. The minimum absolute atomic E-state index is 0.160. The van der Waals surface area contributed by atoms with Crippen LogP contribution in [0.5, 0.6) is 0 Å². The zero-order chi connectivity index (χ0) is 22.2. The second kappa shape index (κ2) is 7.94. The van der Waals surface area contributed by atoms with Gasteiger partial charge in [0.15, 0.2) is 16.5 Å². The monoisotopic (exact) mass is 441 g/mol. The minimum atomic E-state index is -0.418. The van der Waals surface area contributed by atoms with Crippen molar-refractivity contribution < 1.29 is 13.6 Å². The average molecular weight is 442 g/mol. The van der Waals surface area contributed by atoms with Crippen molar-refractivity contribution in [3.8, 4) is 11.5 Å². The van der Waals surface area contributed by atoms with Gasteiger partial charge >= 0.3 is 0 Å². The van der Waals surface area contributed by atoms with Crippen molar-refractivity contribution in [2.24, 2.45) is 0 Å². The van der Waals surface area contributed by atoms with Crippen LogP contribution in [-0.4, -0.2) is 16.0 Å². The van der Waals surface area contributed by atoms with Gasteiger partial charge in [-0.2, -0.15) is 0 Å². The molecular weight excluding hydrogens is 422 g/mol. The standard InChI is InChI=1S/C25H19N3O3S/c1-14-9-15(2)11-17(10-14)24-27-19-13-18(7-8-21(19)31-24)26-25(32)28-23(29)22-12-16-5-3-4-6-20(16)30-22/h3-13H,1-2H3,(H2,26,28,29,32). The second-order valence-corrected chi connectivity index (χ2v) is 8.04. The lowest BCUT2D eigenvalue weighted by molar-refractivity contribution is 0.0953. The van der Waals surface area contributed by atoms with E-state index < -0.39 is 5.91 Å². The topological polar surface area (TPSA) is 80.3 Å². The molecule has 0 atom stereocenters. The quantitative estimate of drug-likeness (QED) is 0.335. The third-order valence-electron chi connectivity index (χ3n) is 4.99. The lowest BCUT2D eigenvalue weighted by Crippen LogP contribution is -2.33. The molecule has 0 aliphatic heterocycles. The van der Waals surface area contributed by atoms with E-state index >= 15 is 0 Å². The van der Waals surface area contributed by atoms with E-state index in [0.29, 0.717) is 28.3 Å². The normalized spacial score (nSPS) is 11.1. The Morgan fingerprint density at radius 3 is 2.47 bits per heavy atom. The summed E-state index contributed by atoms with van der Waals surface area (Å²) in [6.07, 6.45) is 0. The number of benzene rings is 3. The maximum absolute atomic E-state index is 12.5. The number of carbonyl (C=O) groups is 1. The number of rotatable bonds is 3. The Kier molecular flexibility index (Phi) is 4.95. The molecule has 2 aromatic heterocycles. The first-order valence-electron chi connectivity index (χ1n) is 10.0. The fourth-order valence-corrected chi connectivity index (χ4v) is 3.86. The Balaban J connectivity index is 1.32. The summed E-state index contributed by atoms with van der Waals surface area (Å²) in [6, 6.07) is 20.8. The fraction of sp³-hybridized carbons (Fsp3) is 0.0800. The van der Waals surface area contributed by atoms with Gasteiger partial charge in [0.25, 0.3) is 5.91 Å². The number of oxazole rings is 1. The van der Waals surface area contributed by atoms with Crippen LogP contribution in [0.1, 0.15) is 21.7 Å². The summed E-state index contributed by atoms with van der Waals surface area (Å²) in [5, 5.41) is 6.67. The molecule has 0 fully saturated rings. The smallest absolute Gasteiger partial charge is 0.293 e. The molecule has 7 heteroatoms. The number of para-hydroxylation sites is 1. The summed E-state index contributed by atoms with van der Waals surface area (Å²) >= 11 is 5.30. The van der Waals surface area contributed by atoms with E-state index in [2.05, 4.69) is 21.7 Å². The third kappa shape index (κ3) is 3.98. The maximum atomic E-state index is 12.5. The van der Waals surface area contributed by atoms with Crippen LogP contribution in [0.4, 0.5) is 5.69 Å². The molecule has 6 nitrogen and oxygen atoms in total. The molecule has 2 N–H and O–H groups in total. The number of hydrogen-bond donors (Lipinski definition) is 2.